The Morgan fingerprint density at radius 1 is 1.30 bits per heavy atom. The van der Waals surface area contributed by atoms with Crippen LogP contribution in [0.4, 0.5) is 0 Å². The molecule has 0 saturated heterocycles. The van der Waals surface area contributed by atoms with Crippen LogP contribution in [-0.2, 0) is 4.79 Å². The fourth-order valence-electron chi connectivity index (χ4n) is 2.75. The van der Waals surface area contributed by atoms with Crippen molar-refractivity contribution in [1.82, 2.24) is 25.5 Å². The molecule has 0 fully saturated rings. The van der Waals surface area contributed by atoms with Crippen molar-refractivity contribution in [1.29, 1.82) is 0 Å². The second-order valence-electron chi connectivity index (χ2n) is 6.76. The lowest BCUT2D eigenvalue weighted by Gasteiger charge is -2.21. The molecule has 1 amide bonds. The molecule has 0 aliphatic carbocycles. The van der Waals surface area contributed by atoms with Gasteiger partial charge in [-0.05, 0) is 58.8 Å². The molecule has 0 spiro atoms. The average molecular weight is 402 g/mol. The van der Waals surface area contributed by atoms with Crippen LogP contribution in [0.5, 0.6) is 0 Å². The van der Waals surface area contributed by atoms with Gasteiger partial charge in [0.15, 0.2) is 0 Å². The van der Waals surface area contributed by atoms with E-state index in [0.29, 0.717) is 11.1 Å². The normalized spacial score (nSPS) is 12.3. The number of thiophene rings is 1. The predicted octanol–water partition coefficient (Wildman–Crippen LogP) is 3.95. The molecule has 8 heteroatoms. The van der Waals surface area contributed by atoms with E-state index < -0.39 is 0 Å². The molecule has 1 unspecified atom stereocenters. The summed E-state index contributed by atoms with van der Waals surface area (Å²) in [7, 11) is 0. The third kappa shape index (κ3) is 4.75. The maximum atomic E-state index is 12.5. The number of thioether (sulfide) groups is 1. The fourth-order valence-corrected chi connectivity index (χ4v) is 4.39. The van der Waals surface area contributed by atoms with E-state index in [-0.39, 0.29) is 17.7 Å². The van der Waals surface area contributed by atoms with E-state index in [1.165, 1.54) is 16.6 Å². The van der Waals surface area contributed by atoms with Crippen LogP contribution in [0, 0.1) is 19.8 Å². The number of rotatable bonds is 7. The topological polar surface area (TPSA) is 72.7 Å². The number of carbonyl (C=O) groups is 1. The number of tetrazole rings is 1. The van der Waals surface area contributed by atoms with Gasteiger partial charge in [0.1, 0.15) is 0 Å². The van der Waals surface area contributed by atoms with E-state index >= 15 is 0 Å². The molecular weight excluding hydrogens is 378 g/mol. The van der Waals surface area contributed by atoms with Crippen LogP contribution in [0.15, 0.2) is 40.9 Å². The lowest BCUT2D eigenvalue weighted by atomic mass is 10.0. The van der Waals surface area contributed by atoms with Crippen LogP contribution in [0.25, 0.3) is 5.69 Å². The smallest absolute Gasteiger partial charge is 0.230 e. The standard InChI is InChI=1S/C19H23N5OS2/c1-12(2)18(16-6-5-9-26-16)20-17(25)11-27-19-21-22-23-24(19)15-10-13(3)7-8-14(15)4/h5-10,12,18H,11H2,1-4H3,(H,20,25). The molecule has 0 bridgehead atoms. The first-order valence-electron chi connectivity index (χ1n) is 8.77. The number of carbonyl (C=O) groups excluding carboxylic acids is 1. The first-order valence-corrected chi connectivity index (χ1v) is 10.6. The first-order chi connectivity index (χ1) is 13.0. The highest BCUT2D eigenvalue weighted by molar-refractivity contribution is 7.99. The lowest BCUT2D eigenvalue weighted by molar-refractivity contribution is -0.119. The van der Waals surface area contributed by atoms with Gasteiger partial charge in [0.2, 0.25) is 11.1 Å². The highest BCUT2D eigenvalue weighted by atomic mass is 32.2. The van der Waals surface area contributed by atoms with Crippen molar-refractivity contribution >= 4 is 29.0 Å². The largest absolute Gasteiger partial charge is 0.347 e. The number of nitrogens with one attached hydrogen (secondary N) is 1. The summed E-state index contributed by atoms with van der Waals surface area (Å²) in [6, 6.07) is 10.2. The number of hydrogen-bond donors (Lipinski definition) is 1. The van der Waals surface area contributed by atoms with E-state index in [9.17, 15) is 4.79 Å². The minimum atomic E-state index is -0.0254. The number of benzene rings is 1. The van der Waals surface area contributed by atoms with Gasteiger partial charge in [-0.2, -0.15) is 4.68 Å². The van der Waals surface area contributed by atoms with Gasteiger partial charge in [0, 0.05) is 4.88 Å². The molecule has 1 aromatic carbocycles. The maximum Gasteiger partial charge on any atom is 0.230 e. The Kier molecular flexibility index (Phi) is 6.28. The zero-order valence-electron chi connectivity index (χ0n) is 15.8. The third-order valence-electron chi connectivity index (χ3n) is 4.20. The van der Waals surface area contributed by atoms with Crippen LogP contribution < -0.4 is 5.32 Å². The zero-order chi connectivity index (χ0) is 19.4. The monoisotopic (exact) mass is 401 g/mol. The van der Waals surface area contributed by atoms with Crippen molar-refractivity contribution in [3.63, 3.8) is 0 Å². The summed E-state index contributed by atoms with van der Waals surface area (Å²) in [6.07, 6.45) is 0. The second kappa shape index (κ2) is 8.67. The Bertz CT molecular complexity index is 905. The van der Waals surface area contributed by atoms with Gasteiger partial charge < -0.3 is 5.32 Å². The van der Waals surface area contributed by atoms with E-state index in [1.807, 2.05) is 37.4 Å². The summed E-state index contributed by atoms with van der Waals surface area (Å²) < 4.78 is 1.69. The number of amides is 1. The Morgan fingerprint density at radius 3 is 2.81 bits per heavy atom. The van der Waals surface area contributed by atoms with Gasteiger partial charge in [0.25, 0.3) is 0 Å². The molecule has 1 atom stereocenters. The second-order valence-corrected chi connectivity index (χ2v) is 8.68. The SMILES string of the molecule is Cc1ccc(C)c(-n2nnnc2SCC(=O)NC(c2cccs2)C(C)C)c1. The summed E-state index contributed by atoms with van der Waals surface area (Å²) in [4.78, 5) is 13.7. The van der Waals surface area contributed by atoms with Crippen molar-refractivity contribution in [2.45, 2.75) is 38.9 Å². The van der Waals surface area contributed by atoms with Crippen molar-refractivity contribution in [3.8, 4) is 5.69 Å². The van der Waals surface area contributed by atoms with Gasteiger partial charge in [-0.25, -0.2) is 0 Å². The average Bonchev–Trinajstić information content (AvgIpc) is 3.31. The summed E-state index contributed by atoms with van der Waals surface area (Å²) >= 11 is 3.00. The van der Waals surface area contributed by atoms with E-state index in [0.717, 1.165) is 16.8 Å². The van der Waals surface area contributed by atoms with Crippen LogP contribution >= 0.6 is 23.1 Å². The quantitative estimate of drug-likeness (QED) is 0.607. The minimum absolute atomic E-state index is 0.0214. The molecule has 0 aliphatic rings. The molecule has 2 heterocycles. The molecule has 3 aromatic rings. The highest BCUT2D eigenvalue weighted by Crippen LogP contribution is 2.26. The maximum absolute atomic E-state index is 12.5. The van der Waals surface area contributed by atoms with E-state index in [1.54, 1.807) is 16.0 Å². The van der Waals surface area contributed by atoms with Crippen molar-refractivity contribution in [2.75, 3.05) is 5.75 Å². The van der Waals surface area contributed by atoms with Crippen LogP contribution in [0.1, 0.15) is 35.9 Å². The Hall–Kier alpha value is -2.19. The molecular formula is C19H23N5OS2. The predicted molar refractivity (Wildman–Crippen MR) is 109 cm³/mol. The van der Waals surface area contributed by atoms with Crippen molar-refractivity contribution in [3.05, 3.63) is 51.7 Å². The van der Waals surface area contributed by atoms with Gasteiger partial charge in [-0.1, -0.05) is 43.8 Å². The molecule has 1 N–H and O–H groups in total. The minimum Gasteiger partial charge on any atom is -0.347 e. The summed E-state index contributed by atoms with van der Waals surface area (Å²) in [5.74, 6) is 0.556. The number of nitrogens with zero attached hydrogens (tertiary/aromatic N) is 4. The van der Waals surface area contributed by atoms with Gasteiger partial charge in [-0.15, -0.1) is 16.4 Å². The summed E-state index contributed by atoms with van der Waals surface area (Å²) in [5.41, 5.74) is 3.15. The zero-order valence-corrected chi connectivity index (χ0v) is 17.5. The van der Waals surface area contributed by atoms with Gasteiger partial charge in [-0.3, -0.25) is 4.79 Å². The molecule has 3 rings (SSSR count). The fraction of sp³-hybridized carbons (Fsp3) is 0.368. The van der Waals surface area contributed by atoms with Gasteiger partial charge >= 0.3 is 0 Å². The number of hydrogen-bond acceptors (Lipinski definition) is 6. The molecule has 0 aliphatic heterocycles. The van der Waals surface area contributed by atoms with E-state index in [4.69, 9.17) is 0 Å². The molecule has 142 valence electrons. The molecule has 6 nitrogen and oxygen atoms in total. The lowest BCUT2D eigenvalue weighted by Crippen LogP contribution is -2.32. The first kappa shape index (κ1) is 19.6. The molecule has 0 radical (unpaired) electrons. The molecule has 2 aromatic heterocycles. The van der Waals surface area contributed by atoms with Crippen molar-refractivity contribution in [2.24, 2.45) is 5.92 Å². The van der Waals surface area contributed by atoms with E-state index in [2.05, 4.69) is 46.8 Å². The highest BCUT2D eigenvalue weighted by Gasteiger charge is 2.20. The Morgan fingerprint density at radius 2 is 2.11 bits per heavy atom. The summed E-state index contributed by atoms with van der Waals surface area (Å²) in [6.45, 7) is 8.27. The van der Waals surface area contributed by atoms with Crippen molar-refractivity contribution < 1.29 is 4.79 Å². The summed E-state index contributed by atoms with van der Waals surface area (Å²) in [5, 5.41) is 17.7. The van der Waals surface area contributed by atoms with Crippen LogP contribution in [0.2, 0.25) is 0 Å². The van der Waals surface area contributed by atoms with Gasteiger partial charge in [0.05, 0.1) is 17.5 Å². The van der Waals surface area contributed by atoms with Crippen LogP contribution in [-0.4, -0.2) is 31.9 Å². The molecule has 27 heavy (non-hydrogen) atoms. The number of aryl methyl sites for hydroxylation is 2. The Labute approximate surface area is 167 Å². The number of aromatic nitrogens is 4. The third-order valence-corrected chi connectivity index (χ3v) is 6.07. The van der Waals surface area contributed by atoms with Crippen LogP contribution in [0.3, 0.4) is 0 Å². The molecule has 0 saturated carbocycles. The Balaban J connectivity index is 1.68.